The number of carbonyl (C=O) groups is 1. The lowest BCUT2D eigenvalue weighted by Gasteiger charge is -2.11. The topological polar surface area (TPSA) is 77.0 Å². The van der Waals surface area contributed by atoms with Gasteiger partial charge in [-0.05, 0) is 17.7 Å². The number of methoxy groups -OCH3 is 1. The van der Waals surface area contributed by atoms with Crippen LogP contribution in [-0.2, 0) is 11.3 Å². The van der Waals surface area contributed by atoms with Gasteiger partial charge in [0.15, 0.2) is 0 Å². The van der Waals surface area contributed by atoms with Gasteiger partial charge in [0.2, 0.25) is 0 Å². The van der Waals surface area contributed by atoms with E-state index in [0.29, 0.717) is 22.8 Å². The number of nitrogens with one attached hydrogen (secondary N) is 1. The van der Waals surface area contributed by atoms with E-state index in [1.54, 1.807) is 29.1 Å². The molecule has 0 radical (unpaired) electrons. The summed E-state index contributed by atoms with van der Waals surface area (Å²) in [6.07, 6.45) is 3.27. The van der Waals surface area contributed by atoms with Crippen molar-refractivity contribution in [3.8, 4) is 11.3 Å². The molecule has 0 saturated carbocycles. The van der Waals surface area contributed by atoms with Crippen LogP contribution in [0.3, 0.4) is 0 Å². The maximum absolute atomic E-state index is 11.9. The number of H-pyrrole nitrogens is 1. The SMILES string of the molecule is COC(=O)c1cn(Cc2ccc(Cl)cc2)cc2c(=O)[nH]nc1-2. The minimum absolute atomic E-state index is 0.243. The second-order valence-corrected chi connectivity index (χ2v) is 5.21. The quantitative estimate of drug-likeness (QED) is 0.751. The highest BCUT2D eigenvalue weighted by molar-refractivity contribution is 6.30. The summed E-state index contributed by atoms with van der Waals surface area (Å²) in [5.74, 6) is -0.540. The highest BCUT2D eigenvalue weighted by Crippen LogP contribution is 2.21. The van der Waals surface area contributed by atoms with Crippen LogP contribution >= 0.6 is 11.6 Å². The molecule has 1 aromatic rings. The van der Waals surface area contributed by atoms with Crippen molar-refractivity contribution in [1.82, 2.24) is 14.8 Å². The lowest BCUT2D eigenvalue weighted by Crippen LogP contribution is -2.12. The van der Waals surface area contributed by atoms with Gasteiger partial charge in [0.1, 0.15) is 11.3 Å². The molecule has 0 spiro atoms. The van der Waals surface area contributed by atoms with Gasteiger partial charge in [-0.3, -0.25) is 4.79 Å². The van der Waals surface area contributed by atoms with E-state index in [1.165, 1.54) is 7.11 Å². The van der Waals surface area contributed by atoms with E-state index in [2.05, 4.69) is 10.2 Å². The van der Waals surface area contributed by atoms with Crippen molar-refractivity contribution >= 4 is 17.6 Å². The first-order valence-electron chi connectivity index (χ1n) is 6.49. The third-order valence-corrected chi connectivity index (χ3v) is 3.55. The van der Waals surface area contributed by atoms with Gasteiger partial charge in [-0.1, -0.05) is 23.7 Å². The monoisotopic (exact) mass is 317 g/mol. The van der Waals surface area contributed by atoms with E-state index in [4.69, 9.17) is 16.3 Å². The third-order valence-electron chi connectivity index (χ3n) is 3.30. The minimum atomic E-state index is -0.540. The fourth-order valence-electron chi connectivity index (χ4n) is 2.24. The van der Waals surface area contributed by atoms with E-state index in [-0.39, 0.29) is 11.1 Å². The number of hydrogen-bond acceptors (Lipinski definition) is 4. The fraction of sp³-hybridized carbons (Fsp3) is 0.133. The first-order chi connectivity index (χ1) is 10.6. The zero-order chi connectivity index (χ0) is 15.7. The van der Waals surface area contributed by atoms with Gasteiger partial charge < -0.3 is 9.30 Å². The van der Waals surface area contributed by atoms with Crippen LogP contribution in [0.1, 0.15) is 15.9 Å². The Morgan fingerprint density at radius 2 is 2.05 bits per heavy atom. The molecule has 1 N–H and O–H groups in total. The Morgan fingerprint density at radius 3 is 2.73 bits per heavy atom. The zero-order valence-corrected chi connectivity index (χ0v) is 12.4. The predicted octanol–water partition coefficient (Wildman–Crippen LogP) is 2.16. The number of aromatic amines is 1. The van der Waals surface area contributed by atoms with Gasteiger partial charge in [-0.2, -0.15) is 5.10 Å². The fourth-order valence-corrected chi connectivity index (χ4v) is 2.37. The minimum Gasteiger partial charge on any atom is -0.465 e. The second-order valence-electron chi connectivity index (χ2n) is 4.78. The molecular weight excluding hydrogens is 306 g/mol. The maximum Gasteiger partial charge on any atom is 0.341 e. The molecule has 1 aromatic carbocycles. The summed E-state index contributed by atoms with van der Waals surface area (Å²) in [6, 6.07) is 7.33. The van der Waals surface area contributed by atoms with Crippen LogP contribution in [-0.4, -0.2) is 27.8 Å². The number of ether oxygens (including phenoxy) is 1. The number of fused-ring (bicyclic) bond motifs is 1. The van der Waals surface area contributed by atoms with Crippen molar-refractivity contribution in [2.24, 2.45) is 0 Å². The Labute approximate surface area is 130 Å². The van der Waals surface area contributed by atoms with Gasteiger partial charge in [0, 0.05) is 24.0 Å². The van der Waals surface area contributed by atoms with Gasteiger partial charge in [-0.25, -0.2) is 9.89 Å². The van der Waals surface area contributed by atoms with Crippen LogP contribution in [0.2, 0.25) is 5.02 Å². The molecule has 0 aromatic heterocycles. The van der Waals surface area contributed by atoms with Gasteiger partial charge in [-0.15, -0.1) is 0 Å². The van der Waals surface area contributed by atoms with Crippen molar-refractivity contribution in [3.05, 3.63) is 63.2 Å². The molecule has 0 aliphatic carbocycles. The molecule has 22 heavy (non-hydrogen) atoms. The molecule has 6 nitrogen and oxygen atoms in total. The Morgan fingerprint density at radius 1 is 1.32 bits per heavy atom. The first kappa shape index (κ1) is 14.3. The highest BCUT2D eigenvalue weighted by atomic mass is 35.5. The molecule has 2 heterocycles. The van der Waals surface area contributed by atoms with Crippen molar-refractivity contribution in [1.29, 1.82) is 0 Å². The smallest absolute Gasteiger partial charge is 0.341 e. The van der Waals surface area contributed by atoms with Gasteiger partial charge >= 0.3 is 5.97 Å². The number of benzene rings is 1. The number of pyridine rings is 1. The number of esters is 1. The normalized spacial score (nSPS) is 10.8. The average Bonchev–Trinajstić information content (AvgIpc) is 2.90. The van der Waals surface area contributed by atoms with Crippen molar-refractivity contribution in [2.45, 2.75) is 6.54 Å². The summed E-state index contributed by atoms with van der Waals surface area (Å²) >= 11 is 5.86. The molecule has 0 bridgehead atoms. The van der Waals surface area contributed by atoms with Crippen LogP contribution in [0.15, 0.2) is 41.5 Å². The van der Waals surface area contributed by atoms with Crippen molar-refractivity contribution in [3.63, 3.8) is 0 Å². The van der Waals surface area contributed by atoms with E-state index >= 15 is 0 Å². The molecule has 0 saturated heterocycles. The van der Waals surface area contributed by atoms with Crippen LogP contribution in [0.25, 0.3) is 11.3 Å². The van der Waals surface area contributed by atoms with E-state index in [9.17, 15) is 9.59 Å². The number of carbonyl (C=O) groups excluding carboxylic acids is 1. The molecule has 0 amide bonds. The molecule has 0 atom stereocenters. The third kappa shape index (κ3) is 2.60. The lowest BCUT2D eigenvalue weighted by molar-refractivity contribution is 0.0600. The standard InChI is InChI=1S/C15H12ClN3O3/c1-22-15(21)12-8-19(6-9-2-4-10(16)5-3-9)7-11-13(12)17-18-14(11)20/h2-5,7-8H,6H2,1H3,(H,18,20). The largest absolute Gasteiger partial charge is 0.465 e. The highest BCUT2D eigenvalue weighted by Gasteiger charge is 2.21. The van der Waals surface area contributed by atoms with E-state index in [1.807, 2.05) is 12.1 Å². The summed E-state index contributed by atoms with van der Waals surface area (Å²) in [6.45, 7) is 0.488. The molecule has 112 valence electrons. The lowest BCUT2D eigenvalue weighted by atomic mass is 10.1. The summed E-state index contributed by atoms with van der Waals surface area (Å²) < 4.78 is 6.49. The Balaban J connectivity index is 2.07. The van der Waals surface area contributed by atoms with E-state index < -0.39 is 5.97 Å². The number of rotatable bonds is 3. The average molecular weight is 318 g/mol. The molecular formula is C15H12ClN3O3. The van der Waals surface area contributed by atoms with Crippen LogP contribution in [0.5, 0.6) is 0 Å². The van der Waals surface area contributed by atoms with Crippen LogP contribution < -0.4 is 5.56 Å². The molecule has 3 rings (SSSR count). The summed E-state index contributed by atoms with van der Waals surface area (Å²) in [5, 5.41) is 6.88. The Kier molecular flexibility index (Phi) is 3.68. The Hall–Kier alpha value is -2.60. The first-order valence-corrected chi connectivity index (χ1v) is 6.87. The zero-order valence-electron chi connectivity index (χ0n) is 11.7. The number of nitrogens with zero attached hydrogens (tertiary/aromatic N) is 2. The maximum atomic E-state index is 11.9. The van der Waals surface area contributed by atoms with Crippen LogP contribution in [0, 0.1) is 0 Å². The number of hydrogen-bond donors (Lipinski definition) is 1. The van der Waals surface area contributed by atoms with Gasteiger partial charge in [0.25, 0.3) is 5.56 Å². The molecule has 0 unspecified atom stereocenters. The molecule has 7 heteroatoms. The summed E-state index contributed by atoms with van der Waals surface area (Å²) in [4.78, 5) is 23.7. The molecule has 2 aliphatic rings. The number of halogens is 1. The second kappa shape index (κ2) is 5.65. The van der Waals surface area contributed by atoms with Gasteiger partial charge in [0.05, 0.1) is 12.7 Å². The molecule has 2 aliphatic heterocycles. The number of aromatic nitrogens is 3. The van der Waals surface area contributed by atoms with E-state index in [0.717, 1.165) is 5.56 Å². The Bertz CT molecular complexity index is 851. The van der Waals surface area contributed by atoms with Crippen molar-refractivity contribution < 1.29 is 9.53 Å². The summed E-state index contributed by atoms with van der Waals surface area (Å²) in [5.41, 5.74) is 1.54. The van der Waals surface area contributed by atoms with Crippen LogP contribution in [0.4, 0.5) is 0 Å². The van der Waals surface area contributed by atoms with Crippen molar-refractivity contribution in [2.75, 3.05) is 7.11 Å². The molecule has 0 fully saturated rings. The summed E-state index contributed by atoms with van der Waals surface area (Å²) in [7, 11) is 1.29. The predicted molar refractivity (Wildman–Crippen MR) is 81.4 cm³/mol.